The highest BCUT2D eigenvalue weighted by atomic mass is 16.6. The maximum atomic E-state index is 11.2. The van der Waals surface area contributed by atoms with Crippen molar-refractivity contribution in [3.63, 3.8) is 0 Å². The van der Waals surface area contributed by atoms with Crippen molar-refractivity contribution in [2.75, 3.05) is 0 Å². The topological polar surface area (TPSA) is 108 Å². The van der Waals surface area contributed by atoms with Crippen molar-refractivity contribution in [1.29, 1.82) is 0 Å². The van der Waals surface area contributed by atoms with Gasteiger partial charge in [0.25, 0.3) is 0 Å². The summed E-state index contributed by atoms with van der Waals surface area (Å²) < 4.78 is 0. The molecule has 0 atom stereocenters. The van der Waals surface area contributed by atoms with Crippen molar-refractivity contribution in [1.82, 2.24) is 0 Å². The molecule has 2 rings (SSSR count). The van der Waals surface area contributed by atoms with Crippen LogP contribution in [0.2, 0.25) is 0 Å². The lowest BCUT2D eigenvalue weighted by molar-refractivity contribution is -0.385. The highest BCUT2D eigenvalue weighted by Gasteiger charge is 2.26. The molecule has 0 aliphatic heterocycles. The van der Waals surface area contributed by atoms with Gasteiger partial charge >= 0.3 is 5.69 Å². The average Bonchev–Trinajstić information content (AvgIpc) is 2.54. The van der Waals surface area contributed by atoms with Gasteiger partial charge in [-0.25, -0.2) is 0 Å². The summed E-state index contributed by atoms with van der Waals surface area (Å²) in [6, 6.07) is 9.25. The number of para-hydroxylation sites is 1. The molecule has 126 valence electrons. The lowest BCUT2D eigenvalue weighted by Crippen LogP contribution is -2.15. The zero-order valence-electron chi connectivity index (χ0n) is 13.7. The summed E-state index contributed by atoms with van der Waals surface area (Å²) in [6.07, 6.45) is 0.755. The molecule has 24 heavy (non-hydrogen) atoms. The van der Waals surface area contributed by atoms with Crippen LogP contribution in [0.3, 0.4) is 0 Å². The number of hydrogen-bond donors (Lipinski definition) is 2. The minimum absolute atomic E-state index is 0.0102. The van der Waals surface area contributed by atoms with E-state index in [9.17, 15) is 20.3 Å². The van der Waals surface area contributed by atoms with Gasteiger partial charge in [-0.2, -0.15) is 0 Å². The average molecular weight is 329 g/mol. The molecule has 0 heterocycles. The van der Waals surface area contributed by atoms with E-state index in [2.05, 4.69) is 10.2 Å². The molecule has 0 spiro atoms. The first-order valence-electron chi connectivity index (χ1n) is 7.48. The molecule has 0 fully saturated rings. The zero-order chi connectivity index (χ0) is 17.9. The molecule has 0 saturated carbocycles. The molecule has 2 aromatic rings. The van der Waals surface area contributed by atoms with E-state index in [1.807, 2.05) is 20.8 Å². The lowest BCUT2D eigenvalue weighted by Gasteiger charge is -2.23. The predicted molar refractivity (Wildman–Crippen MR) is 90.4 cm³/mol. The van der Waals surface area contributed by atoms with Crippen LogP contribution in [-0.2, 0) is 5.41 Å². The van der Waals surface area contributed by atoms with Gasteiger partial charge in [-0.15, -0.1) is 10.2 Å². The van der Waals surface area contributed by atoms with Crippen molar-refractivity contribution in [2.24, 2.45) is 10.2 Å². The molecule has 0 radical (unpaired) electrons. The van der Waals surface area contributed by atoms with Gasteiger partial charge in [0.2, 0.25) is 5.75 Å². The standard InChI is InChI=1S/C17H19N3O4/c1-4-17(2,3)11-9-13(16(22)14(10-11)20(23)24)19-18-12-7-5-6-8-15(12)21/h5-10,21-22H,4H2,1-3H3. The highest BCUT2D eigenvalue weighted by Crippen LogP contribution is 2.42. The molecule has 0 amide bonds. The number of benzene rings is 2. The number of phenolic OH excluding ortho intramolecular Hbond substituents is 2. The normalized spacial score (nSPS) is 11.8. The minimum atomic E-state index is -0.649. The molecular weight excluding hydrogens is 310 g/mol. The van der Waals surface area contributed by atoms with Gasteiger partial charge in [0.15, 0.2) is 0 Å². The molecule has 7 heteroatoms. The second kappa shape index (κ2) is 6.66. The second-order valence-electron chi connectivity index (χ2n) is 6.05. The van der Waals surface area contributed by atoms with Crippen LogP contribution in [0.15, 0.2) is 46.6 Å². The van der Waals surface area contributed by atoms with E-state index in [4.69, 9.17) is 0 Å². The second-order valence-corrected chi connectivity index (χ2v) is 6.05. The third-order valence-corrected chi connectivity index (χ3v) is 4.08. The van der Waals surface area contributed by atoms with Gasteiger partial charge in [0.05, 0.1) is 4.92 Å². The smallest absolute Gasteiger partial charge is 0.313 e. The SMILES string of the molecule is CCC(C)(C)c1cc(N=Nc2ccccc2O)c(O)c([N+](=O)[O-])c1. The number of azo groups is 1. The van der Waals surface area contributed by atoms with E-state index in [0.29, 0.717) is 5.56 Å². The lowest BCUT2D eigenvalue weighted by atomic mass is 9.82. The maximum absolute atomic E-state index is 11.2. The number of nitro benzene ring substituents is 1. The fourth-order valence-electron chi connectivity index (χ4n) is 2.07. The van der Waals surface area contributed by atoms with Crippen LogP contribution in [0.25, 0.3) is 0 Å². The van der Waals surface area contributed by atoms with Crippen molar-refractivity contribution in [3.8, 4) is 11.5 Å². The van der Waals surface area contributed by atoms with E-state index in [1.165, 1.54) is 12.1 Å². The van der Waals surface area contributed by atoms with Crippen LogP contribution in [0.1, 0.15) is 32.8 Å². The quantitative estimate of drug-likeness (QED) is 0.451. The monoisotopic (exact) mass is 329 g/mol. The van der Waals surface area contributed by atoms with Crippen molar-refractivity contribution in [2.45, 2.75) is 32.6 Å². The molecular formula is C17H19N3O4. The summed E-state index contributed by atoms with van der Waals surface area (Å²) in [4.78, 5) is 10.6. The van der Waals surface area contributed by atoms with Gasteiger partial charge in [-0.1, -0.05) is 32.9 Å². The Hall–Kier alpha value is -2.96. The largest absolute Gasteiger partial charge is 0.506 e. The number of rotatable bonds is 5. The molecule has 0 saturated heterocycles. The summed E-state index contributed by atoms with van der Waals surface area (Å²) in [5.41, 5.74) is 0.141. The van der Waals surface area contributed by atoms with Gasteiger partial charge in [-0.3, -0.25) is 10.1 Å². The molecule has 0 unspecified atom stereocenters. The van der Waals surface area contributed by atoms with Gasteiger partial charge in [0.1, 0.15) is 17.1 Å². The van der Waals surface area contributed by atoms with E-state index in [0.717, 1.165) is 6.42 Å². The van der Waals surface area contributed by atoms with E-state index >= 15 is 0 Å². The summed E-state index contributed by atoms with van der Waals surface area (Å²) in [5.74, 6) is -0.616. The van der Waals surface area contributed by atoms with Gasteiger partial charge in [0, 0.05) is 6.07 Å². The Morgan fingerprint density at radius 1 is 1.12 bits per heavy atom. The molecule has 0 aromatic heterocycles. The summed E-state index contributed by atoms with van der Waals surface area (Å²) in [5, 5.41) is 38.8. The molecule has 2 N–H and O–H groups in total. The minimum Gasteiger partial charge on any atom is -0.506 e. The highest BCUT2D eigenvalue weighted by molar-refractivity contribution is 5.65. The van der Waals surface area contributed by atoms with Crippen molar-refractivity contribution >= 4 is 17.1 Å². The Morgan fingerprint density at radius 2 is 1.75 bits per heavy atom. The Labute approximate surface area is 139 Å². The third kappa shape index (κ3) is 3.51. The van der Waals surface area contributed by atoms with Crippen molar-refractivity contribution in [3.05, 3.63) is 52.1 Å². The third-order valence-electron chi connectivity index (χ3n) is 4.08. The Morgan fingerprint density at radius 3 is 2.33 bits per heavy atom. The Kier molecular flexibility index (Phi) is 4.82. The summed E-state index contributed by atoms with van der Waals surface area (Å²) >= 11 is 0. The van der Waals surface area contributed by atoms with Gasteiger partial charge < -0.3 is 10.2 Å². The maximum Gasteiger partial charge on any atom is 0.313 e. The van der Waals surface area contributed by atoms with Crippen LogP contribution in [0, 0.1) is 10.1 Å². The molecule has 7 nitrogen and oxygen atoms in total. The summed E-state index contributed by atoms with van der Waals surface area (Å²) in [7, 11) is 0. The van der Waals surface area contributed by atoms with E-state index in [-0.39, 0.29) is 22.5 Å². The van der Waals surface area contributed by atoms with Crippen LogP contribution < -0.4 is 0 Å². The number of nitrogens with zero attached hydrogens (tertiary/aromatic N) is 3. The number of phenols is 2. The van der Waals surface area contributed by atoms with Crippen LogP contribution in [-0.4, -0.2) is 15.1 Å². The first kappa shape index (κ1) is 17.4. The number of aromatic hydroxyl groups is 2. The van der Waals surface area contributed by atoms with Crippen LogP contribution >= 0.6 is 0 Å². The predicted octanol–water partition coefficient (Wildman–Crippen LogP) is 5.11. The Bertz CT molecular complexity index is 800. The van der Waals surface area contributed by atoms with E-state index < -0.39 is 16.4 Å². The molecule has 2 aromatic carbocycles. The molecule has 0 bridgehead atoms. The van der Waals surface area contributed by atoms with Gasteiger partial charge in [-0.05, 0) is 35.6 Å². The number of nitro groups is 1. The molecule has 0 aliphatic rings. The fraction of sp³-hybridized carbons (Fsp3) is 0.294. The zero-order valence-corrected chi connectivity index (χ0v) is 13.7. The van der Waals surface area contributed by atoms with Crippen LogP contribution in [0.5, 0.6) is 11.5 Å². The van der Waals surface area contributed by atoms with Crippen molar-refractivity contribution < 1.29 is 15.1 Å². The number of hydrogen-bond acceptors (Lipinski definition) is 6. The first-order chi connectivity index (χ1) is 11.3. The molecule has 0 aliphatic carbocycles. The first-order valence-corrected chi connectivity index (χ1v) is 7.48. The van der Waals surface area contributed by atoms with Crippen LogP contribution in [0.4, 0.5) is 17.1 Å². The fourth-order valence-corrected chi connectivity index (χ4v) is 2.07. The summed E-state index contributed by atoms with van der Waals surface area (Å²) in [6.45, 7) is 5.88. The Balaban J connectivity index is 2.56. The van der Waals surface area contributed by atoms with E-state index in [1.54, 1.807) is 24.3 Å².